The number of fused-ring (bicyclic) bond motifs is 1. The maximum absolute atomic E-state index is 12.8. The van der Waals surface area contributed by atoms with E-state index in [1.54, 1.807) is 66.0 Å². The third-order valence-electron chi connectivity index (χ3n) is 4.47. The molecule has 2 amide bonds. The Morgan fingerprint density at radius 3 is 2.50 bits per heavy atom. The van der Waals surface area contributed by atoms with E-state index in [-0.39, 0.29) is 5.56 Å². The molecule has 0 bridgehead atoms. The van der Waals surface area contributed by atoms with Crippen LogP contribution in [0.1, 0.15) is 20.0 Å². The van der Waals surface area contributed by atoms with Gasteiger partial charge in [-0.15, -0.1) is 11.3 Å². The fourth-order valence-electron chi connectivity index (χ4n) is 2.95. The van der Waals surface area contributed by atoms with Crippen molar-refractivity contribution in [1.82, 2.24) is 15.8 Å². The smallest absolute Gasteiger partial charge is 0.339 e. The fraction of sp³-hybridized carbons (Fsp3) is 0.0435. The SMILES string of the molecule is O=C(COC(=O)c1cc(-c2ccc(Cl)cc2)nc2ccccc12)NNC(=O)c1cccs1. The lowest BCUT2D eigenvalue weighted by molar-refractivity contribution is -0.125. The summed E-state index contributed by atoms with van der Waals surface area (Å²) in [7, 11) is 0. The van der Waals surface area contributed by atoms with Crippen molar-refractivity contribution in [1.29, 1.82) is 0 Å². The quantitative estimate of drug-likeness (QED) is 0.339. The van der Waals surface area contributed by atoms with Gasteiger partial charge in [0.15, 0.2) is 6.61 Å². The van der Waals surface area contributed by atoms with E-state index in [1.165, 1.54) is 11.3 Å². The van der Waals surface area contributed by atoms with Gasteiger partial charge >= 0.3 is 5.97 Å². The van der Waals surface area contributed by atoms with E-state index >= 15 is 0 Å². The first-order chi connectivity index (χ1) is 15.5. The summed E-state index contributed by atoms with van der Waals surface area (Å²) in [6.45, 7) is -0.559. The Morgan fingerprint density at radius 1 is 0.969 bits per heavy atom. The number of carbonyl (C=O) groups is 3. The molecule has 4 aromatic rings. The topological polar surface area (TPSA) is 97.4 Å². The number of hydrogen-bond donors (Lipinski definition) is 2. The minimum atomic E-state index is -0.682. The molecule has 0 radical (unpaired) electrons. The minimum Gasteiger partial charge on any atom is -0.452 e. The van der Waals surface area contributed by atoms with E-state index in [0.29, 0.717) is 26.5 Å². The van der Waals surface area contributed by atoms with Crippen LogP contribution in [0.5, 0.6) is 0 Å². The van der Waals surface area contributed by atoms with Crippen LogP contribution in [0.2, 0.25) is 5.02 Å². The molecule has 160 valence electrons. The van der Waals surface area contributed by atoms with Gasteiger partial charge in [-0.1, -0.05) is 48.0 Å². The van der Waals surface area contributed by atoms with Crippen LogP contribution in [0, 0.1) is 0 Å². The number of amides is 2. The van der Waals surface area contributed by atoms with Crippen molar-refractivity contribution < 1.29 is 19.1 Å². The molecule has 0 aliphatic heterocycles. The number of esters is 1. The molecule has 0 saturated carbocycles. The average molecular weight is 466 g/mol. The molecule has 9 heteroatoms. The Labute approximate surface area is 192 Å². The van der Waals surface area contributed by atoms with Gasteiger partial charge in [0.05, 0.1) is 21.7 Å². The van der Waals surface area contributed by atoms with E-state index in [9.17, 15) is 14.4 Å². The Balaban J connectivity index is 1.48. The third kappa shape index (κ3) is 4.93. The molecule has 0 saturated heterocycles. The van der Waals surface area contributed by atoms with Gasteiger partial charge < -0.3 is 4.74 Å². The van der Waals surface area contributed by atoms with Gasteiger partial charge in [-0.2, -0.15) is 0 Å². The number of rotatable bonds is 5. The average Bonchev–Trinajstić information content (AvgIpc) is 3.36. The number of aromatic nitrogens is 1. The van der Waals surface area contributed by atoms with Crippen LogP contribution >= 0.6 is 22.9 Å². The summed E-state index contributed by atoms with van der Waals surface area (Å²) in [6, 6.07) is 19.2. The van der Waals surface area contributed by atoms with Crippen LogP contribution in [0.25, 0.3) is 22.2 Å². The Bertz CT molecular complexity index is 1290. The summed E-state index contributed by atoms with van der Waals surface area (Å²) < 4.78 is 5.18. The van der Waals surface area contributed by atoms with Crippen molar-refractivity contribution in [2.45, 2.75) is 0 Å². The van der Waals surface area contributed by atoms with Gasteiger partial charge in [-0.05, 0) is 35.7 Å². The van der Waals surface area contributed by atoms with Crippen LogP contribution in [0.15, 0.2) is 72.1 Å². The van der Waals surface area contributed by atoms with Crippen molar-refractivity contribution in [2.75, 3.05) is 6.61 Å². The van der Waals surface area contributed by atoms with Crippen LogP contribution < -0.4 is 10.9 Å². The molecule has 32 heavy (non-hydrogen) atoms. The lowest BCUT2D eigenvalue weighted by atomic mass is 10.0. The van der Waals surface area contributed by atoms with Gasteiger partial charge in [0.1, 0.15) is 0 Å². The van der Waals surface area contributed by atoms with Crippen LogP contribution in [-0.4, -0.2) is 29.4 Å². The monoisotopic (exact) mass is 465 g/mol. The fourth-order valence-corrected chi connectivity index (χ4v) is 3.70. The minimum absolute atomic E-state index is 0.274. The number of thiophene rings is 1. The first-order valence-corrected chi connectivity index (χ1v) is 10.7. The maximum atomic E-state index is 12.8. The largest absolute Gasteiger partial charge is 0.452 e. The molecule has 0 unspecified atom stereocenters. The van der Waals surface area contributed by atoms with Gasteiger partial charge in [0.25, 0.3) is 11.8 Å². The normalized spacial score (nSPS) is 10.5. The van der Waals surface area contributed by atoms with Crippen LogP contribution in [0.3, 0.4) is 0 Å². The molecule has 2 heterocycles. The van der Waals surface area contributed by atoms with E-state index in [2.05, 4.69) is 15.8 Å². The number of para-hydroxylation sites is 1. The number of nitrogens with zero attached hydrogens (tertiary/aromatic N) is 1. The van der Waals surface area contributed by atoms with Crippen LogP contribution in [0.4, 0.5) is 0 Å². The number of halogens is 1. The zero-order valence-corrected chi connectivity index (χ0v) is 18.1. The van der Waals surface area contributed by atoms with Crippen molar-refractivity contribution in [2.24, 2.45) is 0 Å². The molecule has 4 rings (SSSR count). The molecule has 2 aromatic heterocycles. The second kappa shape index (κ2) is 9.59. The van der Waals surface area contributed by atoms with E-state index < -0.39 is 24.4 Å². The summed E-state index contributed by atoms with van der Waals surface area (Å²) in [5.41, 5.74) is 6.73. The lowest BCUT2D eigenvalue weighted by Crippen LogP contribution is -2.43. The molecule has 0 fully saturated rings. The van der Waals surface area contributed by atoms with E-state index in [1.807, 2.05) is 6.07 Å². The molecule has 7 nitrogen and oxygen atoms in total. The molecule has 0 aliphatic rings. The zero-order chi connectivity index (χ0) is 22.5. The highest BCUT2D eigenvalue weighted by molar-refractivity contribution is 7.12. The number of nitrogens with one attached hydrogen (secondary N) is 2. The number of carbonyl (C=O) groups excluding carboxylic acids is 3. The number of hydrogen-bond acceptors (Lipinski definition) is 6. The van der Waals surface area contributed by atoms with E-state index in [4.69, 9.17) is 16.3 Å². The second-order valence-corrected chi connectivity index (χ2v) is 8.02. The highest BCUT2D eigenvalue weighted by Crippen LogP contribution is 2.26. The summed E-state index contributed by atoms with van der Waals surface area (Å²) >= 11 is 7.20. The lowest BCUT2D eigenvalue weighted by Gasteiger charge is -2.11. The number of benzene rings is 2. The summed E-state index contributed by atoms with van der Waals surface area (Å²) in [5, 5.41) is 2.93. The van der Waals surface area contributed by atoms with Crippen molar-refractivity contribution in [3.05, 3.63) is 87.6 Å². The first kappa shape index (κ1) is 21.5. The van der Waals surface area contributed by atoms with Crippen molar-refractivity contribution in [3.63, 3.8) is 0 Å². The summed E-state index contributed by atoms with van der Waals surface area (Å²) in [4.78, 5) is 41.7. The highest BCUT2D eigenvalue weighted by Gasteiger charge is 2.17. The van der Waals surface area contributed by atoms with E-state index in [0.717, 1.165) is 5.56 Å². The number of hydrazine groups is 1. The highest BCUT2D eigenvalue weighted by atomic mass is 35.5. The molecule has 2 aromatic carbocycles. The summed E-state index contributed by atoms with van der Waals surface area (Å²) in [6.07, 6.45) is 0. The van der Waals surface area contributed by atoms with Crippen molar-refractivity contribution >= 4 is 51.6 Å². The molecular formula is C23H16ClN3O4S. The number of pyridine rings is 1. The molecular weight excluding hydrogens is 450 g/mol. The zero-order valence-electron chi connectivity index (χ0n) is 16.5. The predicted molar refractivity (Wildman–Crippen MR) is 122 cm³/mol. The standard InChI is InChI=1S/C23H16ClN3O4S/c24-15-9-7-14(8-10-15)19-12-17(16-4-1-2-5-18(16)25-19)23(30)31-13-21(28)26-27-22(29)20-6-3-11-32-20/h1-12H,13H2,(H,26,28)(H,27,29). The van der Waals surface area contributed by atoms with Gasteiger partial charge in [0.2, 0.25) is 0 Å². The molecule has 0 atom stereocenters. The Hall–Kier alpha value is -3.75. The maximum Gasteiger partial charge on any atom is 0.339 e. The van der Waals surface area contributed by atoms with Crippen molar-refractivity contribution in [3.8, 4) is 11.3 Å². The Morgan fingerprint density at radius 2 is 1.75 bits per heavy atom. The molecule has 2 N–H and O–H groups in total. The Kier molecular flexibility index (Phi) is 6.44. The van der Waals surface area contributed by atoms with Gasteiger partial charge in [0, 0.05) is 16.0 Å². The molecule has 0 aliphatic carbocycles. The van der Waals surface area contributed by atoms with Gasteiger partial charge in [-0.3, -0.25) is 20.4 Å². The van der Waals surface area contributed by atoms with Crippen LogP contribution in [-0.2, 0) is 9.53 Å². The third-order valence-corrected chi connectivity index (χ3v) is 5.59. The first-order valence-electron chi connectivity index (χ1n) is 9.47. The predicted octanol–water partition coefficient (Wildman–Crippen LogP) is 4.23. The van der Waals surface area contributed by atoms with Gasteiger partial charge in [-0.25, -0.2) is 9.78 Å². The second-order valence-electron chi connectivity index (χ2n) is 6.63. The number of ether oxygens (including phenoxy) is 1. The summed E-state index contributed by atoms with van der Waals surface area (Å²) in [5.74, 6) is -1.80. The molecule has 0 spiro atoms.